The summed E-state index contributed by atoms with van der Waals surface area (Å²) in [5, 5.41) is 17.0. The lowest BCUT2D eigenvalue weighted by Gasteiger charge is -1.95. The van der Waals surface area contributed by atoms with E-state index in [2.05, 4.69) is 0 Å². The first kappa shape index (κ1) is 15.0. The molecular weight excluding hydrogens is 260 g/mol. The van der Waals surface area contributed by atoms with Gasteiger partial charge in [0, 0.05) is 11.4 Å². The van der Waals surface area contributed by atoms with E-state index in [0.717, 1.165) is 17.4 Å². The van der Waals surface area contributed by atoms with Crippen LogP contribution < -0.4 is 11.5 Å². The van der Waals surface area contributed by atoms with Crippen molar-refractivity contribution in [2.45, 2.75) is 0 Å². The largest absolute Gasteiger partial charge is 0.478 e. The molecule has 2 rings (SSSR count). The highest BCUT2D eigenvalue weighted by Gasteiger charge is 2.06. The lowest BCUT2D eigenvalue weighted by atomic mass is 10.1. The Bertz CT molecular complexity index is 559. The van der Waals surface area contributed by atoms with Crippen LogP contribution in [0.4, 0.5) is 11.4 Å². The van der Waals surface area contributed by atoms with Gasteiger partial charge in [-0.3, -0.25) is 0 Å². The number of benzene rings is 2. The normalized spacial score (nSPS) is 9.20. The van der Waals surface area contributed by atoms with E-state index in [1.54, 1.807) is 24.3 Å². The van der Waals surface area contributed by atoms with Crippen LogP contribution in [0.15, 0.2) is 48.5 Å². The first-order valence-electron chi connectivity index (χ1n) is 5.58. The zero-order valence-electron chi connectivity index (χ0n) is 10.5. The average Bonchev–Trinajstić information content (AvgIpc) is 2.43. The van der Waals surface area contributed by atoms with Crippen LogP contribution in [0.25, 0.3) is 0 Å². The van der Waals surface area contributed by atoms with Gasteiger partial charge in [0.1, 0.15) is 0 Å². The Morgan fingerprint density at radius 2 is 1.10 bits per heavy atom. The van der Waals surface area contributed by atoms with Crippen molar-refractivity contribution >= 4 is 23.3 Å². The second-order valence-electron chi connectivity index (χ2n) is 3.86. The molecule has 0 bridgehead atoms. The molecule has 104 valence electrons. The van der Waals surface area contributed by atoms with Crippen LogP contribution in [0.2, 0.25) is 0 Å². The number of anilines is 2. The molecule has 0 saturated carbocycles. The minimum atomic E-state index is -1.13. The van der Waals surface area contributed by atoms with Gasteiger partial charge in [0.05, 0.1) is 11.1 Å². The first-order valence-corrected chi connectivity index (χ1v) is 5.58. The Morgan fingerprint density at radius 1 is 0.750 bits per heavy atom. The molecule has 20 heavy (non-hydrogen) atoms. The molecule has 0 aliphatic carbocycles. The number of carboxylic acid groups (broad SMARTS) is 2. The van der Waals surface area contributed by atoms with Crippen LogP contribution in [0.1, 0.15) is 20.7 Å². The smallest absolute Gasteiger partial charge is 0.335 e. The van der Waals surface area contributed by atoms with Gasteiger partial charge in [-0.25, -0.2) is 9.59 Å². The molecule has 0 saturated heterocycles. The van der Waals surface area contributed by atoms with Crippen molar-refractivity contribution in [3.63, 3.8) is 0 Å². The predicted octanol–water partition coefficient (Wildman–Crippen LogP) is 1.93. The number of carbonyl (C=O) groups is 2. The van der Waals surface area contributed by atoms with Crippen molar-refractivity contribution in [3.8, 4) is 0 Å². The molecular formula is C14H14N2O4. The van der Waals surface area contributed by atoms with E-state index in [-0.39, 0.29) is 11.1 Å². The lowest BCUT2D eigenvalue weighted by molar-refractivity contribution is 0.0696. The molecule has 0 atom stereocenters. The van der Waals surface area contributed by atoms with Gasteiger partial charge in [0.25, 0.3) is 0 Å². The van der Waals surface area contributed by atoms with Gasteiger partial charge in [-0.1, -0.05) is 6.07 Å². The fourth-order valence-corrected chi connectivity index (χ4v) is 1.28. The maximum absolute atomic E-state index is 10.4. The summed E-state index contributed by atoms with van der Waals surface area (Å²) >= 11 is 0. The second-order valence-corrected chi connectivity index (χ2v) is 3.86. The lowest BCUT2D eigenvalue weighted by Crippen LogP contribution is -2.01. The molecule has 2 aromatic carbocycles. The number of carboxylic acids is 2. The Morgan fingerprint density at radius 3 is 1.40 bits per heavy atom. The quantitative estimate of drug-likeness (QED) is 0.620. The first-order chi connectivity index (χ1) is 9.40. The summed E-state index contributed by atoms with van der Waals surface area (Å²) < 4.78 is 0. The minimum Gasteiger partial charge on any atom is -0.478 e. The number of hydrogen-bond donors (Lipinski definition) is 4. The van der Waals surface area contributed by atoms with E-state index in [0.29, 0.717) is 0 Å². The van der Waals surface area contributed by atoms with Gasteiger partial charge < -0.3 is 21.7 Å². The van der Waals surface area contributed by atoms with E-state index >= 15 is 0 Å². The molecule has 0 spiro atoms. The molecule has 0 amide bonds. The van der Waals surface area contributed by atoms with E-state index in [4.69, 9.17) is 21.7 Å². The third kappa shape index (κ3) is 4.69. The summed E-state index contributed by atoms with van der Waals surface area (Å²) in [6, 6.07) is 12.3. The van der Waals surface area contributed by atoms with Crippen molar-refractivity contribution in [3.05, 3.63) is 59.7 Å². The summed E-state index contributed by atoms with van der Waals surface area (Å²) in [4.78, 5) is 20.8. The van der Waals surface area contributed by atoms with Crippen molar-refractivity contribution in [1.29, 1.82) is 0 Å². The number of hydrogen-bond acceptors (Lipinski definition) is 4. The van der Waals surface area contributed by atoms with E-state index < -0.39 is 11.9 Å². The van der Waals surface area contributed by atoms with Crippen molar-refractivity contribution < 1.29 is 19.8 Å². The molecule has 6 nitrogen and oxygen atoms in total. The maximum Gasteiger partial charge on any atom is 0.335 e. The number of aromatic carboxylic acids is 2. The van der Waals surface area contributed by atoms with Crippen LogP contribution in [0.5, 0.6) is 0 Å². The summed E-state index contributed by atoms with van der Waals surface area (Å²) in [6.07, 6.45) is 0. The zero-order chi connectivity index (χ0) is 15.1. The number of nitrogen functional groups attached to an aromatic ring is 2. The number of rotatable bonds is 2. The molecule has 0 unspecified atom stereocenters. The van der Waals surface area contributed by atoms with Crippen molar-refractivity contribution in [2.75, 3.05) is 11.5 Å². The Labute approximate surface area is 115 Å². The SMILES string of the molecule is Nc1ccc(N)cc1.O=C(O)c1cccc(C(=O)O)c1. The minimum absolute atomic E-state index is 0.0186. The summed E-state index contributed by atoms with van der Waals surface area (Å²) in [5.74, 6) is -2.25. The highest BCUT2D eigenvalue weighted by molar-refractivity contribution is 5.93. The third-order valence-corrected chi connectivity index (χ3v) is 2.29. The summed E-state index contributed by atoms with van der Waals surface area (Å²) in [5.41, 5.74) is 12.2. The molecule has 0 radical (unpaired) electrons. The van der Waals surface area contributed by atoms with Gasteiger partial charge in [-0.2, -0.15) is 0 Å². The summed E-state index contributed by atoms with van der Waals surface area (Å²) in [6.45, 7) is 0. The van der Waals surface area contributed by atoms with E-state index in [9.17, 15) is 9.59 Å². The molecule has 0 heterocycles. The fourth-order valence-electron chi connectivity index (χ4n) is 1.28. The zero-order valence-corrected chi connectivity index (χ0v) is 10.5. The molecule has 2 aromatic rings. The topological polar surface area (TPSA) is 127 Å². The van der Waals surface area contributed by atoms with Gasteiger partial charge >= 0.3 is 11.9 Å². The Kier molecular flexibility index (Phi) is 5.11. The van der Waals surface area contributed by atoms with Crippen LogP contribution in [0, 0.1) is 0 Å². The monoisotopic (exact) mass is 274 g/mol. The number of nitrogens with two attached hydrogens (primary N) is 2. The van der Waals surface area contributed by atoms with Gasteiger partial charge in [0.15, 0.2) is 0 Å². The molecule has 0 aromatic heterocycles. The Balaban J connectivity index is 0.000000217. The maximum atomic E-state index is 10.4. The van der Waals surface area contributed by atoms with Gasteiger partial charge in [-0.15, -0.1) is 0 Å². The fraction of sp³-hybridized carbons (Fsp3) is 0. The Hall–Kier alpha value is -3.02. The standard InChI is InChI=1S/C8H6O4.C6H8N2/c9-7(10)5-2-1-3-6(4-5)8(11)12;7-5-1-2-6(8)4-3-5/h1-4H,(H,9,10)(H,11,12);1-4H,7-8H2. The average molecular weight is 274 g/mol. The van der Waals surface area contributed by atoms with Crippen LogP contribution in [-0.4, -0.2) is 22.2 Å². The predicted molar refractivity (Wildman–Crippen MR) is 75.6 cm³/mol. The van der Waals surface area contributed by atoms with Crippen molar-refractivity contribution in [1.82, 2.24) is 0 Å². The van der Waals surface area contributed by atoms with Crippen molar-refractivity contribution in [2.24, 2.45) is 0 Å². The van der Waals surface area contributed by atoms with E-state index in [1.807, 2.05) is 0 Å². The molecule has 0 aliphatic rings. The van der Waals surface area contributed by atoms with Gasteiger partial charge in [0.2, 0.25) is 0 Å². The highest BCUT2D eigenvalue weighted by Crippen LogP contribution is 2.05. The van der Waals surface area contributed by atoms with E-state index in [1.165, 1.54) is 18.2 Å². The molecule has 0 aliphatic heterocycles. The molecule has 6 N–H and O–H groups in total. The molecule has 0 fully saturated rings. The van der Waals surface area contributed by atoms with Crippen LogP contribution in [-0.2, 0) is 0 Å². The summed E-state index contributed by atoms with van der Waals surface area (Å²) in [7, 11) is 0. The molecule has 6 heteroatoms. The highest BCUT2D eigenvalue weighted by atomic mass is 16.4. The van der Waals surface area contributed by atoms with Gasteiger partial charge in [-0.05, 0) is 42.5 Å². The van der Waals surface area contributed by atoms with Crippen LogP contribution in [0.3, 0.4) is 0 Å². The third-order valence-electron chi connectivity index (χ3n) is 2.29. The second kappa shape index (κ2) is 6.79. The van der Waals surface area contributed by atoms with Crippen LogP contribution >= 0.6 is 0 Å².